The smallest absolute Gasteiger partial charge is 0.330 e. The highest BCUT2D eigenvalue weighted by Gasteiger charge is 2.50. The predicted octanol–water partition coefficient (Wildman–Crippen LogP) is -1.75. The van der Waals surface area contributed by atoms with Crippen LogP contribution in [0.4, 0.5) is 5.69 Å². The van der Waals surface area contributed by atoms with Gasteiger partial charge in [-0.05, 0) is 30.3 Å². The number of carbonyl (C=O) groups is 1. The van der Waals surface area contributed by atoms with Gasteiger partial charge in [-0.25, -0.2) is 4.79 Å². The van der Waals surface area contributed by atoms with E-state index in [2.05, 4.69) is 17.2 Å². The van der Waals surface area contributed by atoms with Crippen molar-refractivity contribution >= 4 is 11.6 Å². The molecule has 0 bridgehead atoms. The largest absolute Gasteiger partial charge is 0.387 e. The van der Waals surface area contributed by atoms with Crippen LogP contribution in [0.3, 0.4) is 0 Å². The minimum Gasteiger partial charge on any atom is -0.387 e. The molecule has 5 rings (SSSR count). The quantitative estimate of drug-likeness (QED) is 0.152. The Labute approximate surface area is 244 Å². The SMILES string of the molecule is NC[C@H]1O[C@@H](O[C@@H](C#Cc2cccc(C(=O)Nc3ccccc3)c2)[C@H]2O[C@@H](n3ccc(=O)[nH]c3=O)[C@H](O)[C@@H]2O)[C@H](O)[C@@H]1O. The molecule has 14 heteroatoms. The molecule has 0 radical (unpaired) electrons. The van der Waals surface area contributed by atoms with Crippen molar-refractivity contribution < 1.29 is 39.4 Å². The number of nitrogens with two attached hydrogens (primary N) is 1. The minimum atomic E-state index is -1.65. The fraction of sp³-hybridized carbons (Fsp3) is 0.345. The van der Waals surface area contributed by atoms with Gasteiger partial charge in [0.2, 0.25) is 0 Å². The first kappa shape index (κ1) is 30.3. The van der Waals surface area contributed by atoms with Gasteiger partial charge < -0.3 is 45.7 Å². The van der Waals surface area contributed by atoms with Crippen LogP contribution in [0, 0.1) is 11.8 Å². The van der Waals surface area contributed by atoms with E-state index in [4.69, 9.17) is 19.9 Å². The molecule has 1 amide bonds. The number of aliphatic hydroxyl groups excluding tert-OH is 4. The van der Waals surface area contributed by atoms with E-state index in [-0.39, 0.29) is 12.5 Å². The van der Waals surface area contributed by atoms with E-state index in [0.717, 1.165) is 16.8 Å². The molecule has 3 heterocycles. The lowest BCUT2D eigenvalue weighted by Gasteiger charge is -2.26. The number of aromatic amines is 1. The van der Waals surface area contributed by atoms with E-state index < -0.39 is 66.5 Å². The lowest BCUT2D eigenvalue weighted by Crippen LogP contribution is -2.43. The van der Waals surface area contributed by atoms with Crippen LogP contribution in [0.25, 0.3) is 0 Å². The Morgan fingerprint density at radius 3 is 2.47 bits per heavy atom. The summed E-state index contributed by atoms with van der Waals surface area (Å²) in [6, 6.07) is 16.3. The number of aliphatic hydroxyl groups is 4. The fourth-order valence-electron chi connectivity index (χ4n) is 4.77. The molecule has 3 aromatic rings. The molecule has 9 atom stereocenters. The molecule has 2 aromatic carbocycles. The van der Waals surface area contributed by atoms with Gasteiger partial charge in [-0.15, -0.1) is 0 Å². The summed E-state index contributed by atoms with van der Waals surface area (Å²) in [4.78, 5) is 38.7. The number of para-hydroxylation sites is 1. The van der Waals surface area contributed by atoms with Crippen LogP contribution in [0.1, 0.15) is 22.1 Å². The molecule has 0 unspecified atom stereocenters. The van der Waals surface area contributed by atoms with Crippen molar-refractivity contribution in [3.8, 4) is 11.8 Å². The molecule has 43 heavy (non-hydrogen) atoms. The van der Waals surface area contributed by atoms with Gasteiger partial charge in [-0.2, -0.15) is 0 Å². The zero-order valence-electron chi connectivity index (χ0n) is 22.5. The average molecular weight is 595 g/mol. The Kier molecular flexibility index (Phi) is 9.16. The summed E-state index contributed by atoms with van der Waals surface area (Å²) in [5.41, 5.74) is 5.34. The van der Waals surface area contributed by atoms with Crippen LogP contribution >= 0.6 is 0 Å². The maximum Gasteiger partial charge on any atom is 0.330 e. The monoisotopic (exact) mass is 594 g/mol. The summed E-state index contributed by atoms with van der Waals surface area (Å²) in [7, 11) is 0. The normalized spacial score (nSPS) is 29.0. The highest BCUT2D eigenvalue weighted by atomic mass is 16.7. The molecule has 2 aliphatic rings. The minimum absolute atomic E-state index is 0.120. The van der Waals surface area contributed by atoms with Crippen LogP contribution in [0.5, 0.6) is 0 Å². The Balaban J connectivity index is 1.43. The summed E-state index contributed by atoms with van der Waals surface area (Å²) in [6.45, 7) is -0.120. The first-order valence-corrected chi connectivity index (χ1v) is 13.3. The number of ether oxygens (including phenoxy) is 3. The average Bonchev–Trinajstić information content (AvgIpc) is 3.45. The molecule has 2 fully saturated rings. The van der Waals surface area contributed by atoms with Crippen molar-refractivity contribution in [3.63, 3.8) is 0 Å². The number of nitrogens with zero attached hydrogens (tertiary/aromatic N) is 1. The third-order valence-electron chi connectivity index (χ3n) is 7.05. The van der Waals surface area contributed by atoms with Crippen molar-refractivity contribution in [1.82, 2.24) is 9.55 Å². The van der Waals surface area contributed by atoms with Gasteiger partial charge in [0.05, 0.1) is 0 Å². The highest BCUT2D eigenvalue weighted by Crippen LogP contribution is 2.33. The number of anilines is 1. The number of benzene rings is 2. The number of nitrogens with one attached hydrogen (secondary N) is 2. The molecule has 0 spiro atoms. The van der Waals surface area contributed by atoms with Crippen molar-refractivity contribution in [2.24, 2.45) is 5.73 Å². The second-order valence-corrected chi connectivity index (χ2v) is 9.98. The van der Waals surface area contributed by atoms with E-state index in [1.165, 1.54) is 6.07 Å². The number of hydrogen-bond donors (Lipinski definition) is 7. The summed E-state index contributed by atoms with van der Waals surface area (Å²) >= 11 is 0. The topological polar surface area (TPSA) is 219 Å². The van der Waals surface area contributed by atoms with Gasteiger partial charge in [0.15, 0.2) is 18.6 Å². The number of rotatable bonds is 7. The molecule has 2 aliphatic heterocycles. The molecule has 1 aromatic heterocycles. The number of carbonyl (C=O) groups excluding carboxylic acids is 1. The summed E-state index contributed by atoms with van der Waals surface area (Å²) in [5.74, 6) is 5.26. The third kappa shape index (κ3) is 6.59. The maximum absolute atomic E-state index is 12.8. The van der Waals surface area contributed by atoms with Crippen LogP contribution < -0.4 is 22.3 Å². The standard InChI is InChI=1S/C29H30N4O10/c30-14-19-21(35)24(38)28(42-19)41-18(25-22(36)23(37)27(43-25)33-12-11-20(34)32-29(33)40)10-9-15-5-4-6-16(13-15)26(39)31-17-7-2-1-3-8-17/h1-8,11-13,18-19,21-25,27-28,35-38H,14,30H2,(H,31,39)(H,32,34,40)/t18-,19+,21+,22-,23+,24+,25+,27+,28+/m0/s1. The first-order valence-electron chi connectivity index (χ1n) is 13.3. The predicted molar refractivity (Wildman–Crippen MR) is 150 cm³/mol. The second kappa shape index (κ2) is 13.0. The summed E-state index contributed by atoms with van der Waals surface area (Å²) < 4.78 is 18.1. The van der Waals surface area contributed by atoms with Crippen LogP contribution in [0.15, 0.2) is 76.4 Å². The Bertz CT molecular complexity index is 1620. The van der Waals surface area contributed by atoms with Crippen molar-refractivity contribution in [3.05, 3.63) is 98.8 Å². The van der Waals surface area contributed by atoms with E-state index in [0.29, 0.717) is 16.8 Å². The van der Waals surface area contributed by atoms with E-state index in [1.54, 1.807) is 42.5 Å². The third-order valence-corrected chi connectivity index (χ3v) is 7.05. The molecule has 14 nitrogen and oxygen atoms in total. The van der Waals surface area contributed by atoms with Crippen molar-refractivity contribution in [1.29, 1.82) is 0 Å². The molecule has 226 valence electrons. The molecular formula is C29H30N4O10. The molecule has 0 aliphatic carbocycles. The number of H-pyrrole nitrogens is 1. The van der Waals surface area contributed by atoms with Gasteiger partial charge in [0, 0.05) is 35.6 Å². The first-order chi connectivity index (χ1) is 20.7. The molecular weight excluding hydrogens is 564 g/mol. The van der Waals surface area contributed by atoms with Gasteiger partial charge in [-0.3, -0.25) is 19.1 Å². The number of amides is 1. The van der Waals surface area contributed by atoms with Gasteiger partial charge in [0.1, 0.15) is 36.6 Å². The lowest BCUT2D eigenvalue weighted by atomic mass is 10.0. The molecule has 2 saturated heterocycles. The van der Waals surface area contributed by atoms with E-state index in [1.807, 2.05) is 11.1 Å². The Hall–Kier alpha value is -4.17. The van der Waals surface area contributed by atoms with Crippen LogP contribution in [-0.2, 0) is 14.2 Å². The van der Waals surface area contributed by atoms with Crippen molar-refractivity contribution in [2.45, 2.75) is 55.2 Å². The summed E-state index contributed by atoms with van der Waals surface area (Å²) in [6.07, 6.45) is -11.7. The van der Waals surface area contributed by atoms with E-state index >= 15 is 0 Å². The lowest BCUT2D eigenvalue weighted by molar-refractivity contribution is -0.205. The Morgan fingerprint density at radius 1 is 1.00 bits per heavy atom. The highest BCUT2D eigenvalue weighted by molar-refractivity contribution is 6.04. The van der Waals surface area contributed by atoms with Crippen molar-refractivity contribution in [2.75, 3.05) is 11.9 Å². The summed E-state index contributed by atoms with van der Waals surface area (Å²) in [5, 5.41) is 45.2. The van der Waals surface area contributed by atoms with Gasteiger partial charge >= 0.3 is 5.69 Å². The molecule has 0 saturated carbocycles. The number of hydrogen-bond acceptors (Lipinski definition) is 11. The molecule has 8 N–H and O–H groups in total. The van der Waals surface area contributed by atoms with Crippen LogP contribution in [0.2, 0.25) is 0 Å². The van der Waals surface area contributed by atoms with Gasteiger partial charge in [-0.1, -0.05) is 36.1 Å². The zero-order valence-corrected chi connectivity index (χ0v) is 22.5. The van der Waals surface area contributed by atoms with E-state index in [9.17, 15) is 34.8 Å². The fourth-order valence-corrected chi connectivity index (χ4v) is 4.77. The zero-order chi connectivity index (χ0) is 30.7. The second-order valence-electron chi connectivity index (χ2n) is 9.98. The number of aromatic nitrogens is 2. The van der Waals surface area contributed by atoms with Crippen LogP contribution in [-0.4, -0.2) is 91.4 Å². The maximum atomic E-state index is 12.8. The van der Waals surface area contributed by atoms with Gasteiger partial charge in [0.25, 0.3) is 11.5 Å². The Morgan fingerprint density at radius 2 is 1.77 bits per heavy atom.